The van der Waals surface area contributed by atoms with Gasteiger partial charge in [-0.15, -0.1) is 0 Å². The van der Waals surface area contributed by atoms with Crippen molar-refractivity contribution in [2.24, 2.45) is 5.73 Å². The van der Waals surface area contributed by atoms with Crippen molar-refractivity contribution < 1.29 is 0 Å². The second-order valence-corrected chi connectivity index (χ2v) is 5.23. The normalized spacial score (nSPS) is 12.7. The van der Waals surface area contributed by atoms with Crippen LogP contribution in [0, 0.1) is 0 Å². The molecule has 84 valence electrons. The van der Waals surface area contributed by atoms with Crippen LogP contribution in [-0.2, 0) is 6.42 Å². The highest BCUT2D eigenvalue weighted by Gasteiger charge is 2.10. The van der Waals surface area contributed by atoms with Gasteiger partial charge in [0.05, 0.1) is 0 Å². The van der Waals surface area contributed by atoms with Gasteiger partial charge in [-0.2, -0.15) is 11.3 Å². The predicted molar refractivity (Wildman–Crippen MR) is 71.4 cm³/mol. The van der Waals surface area contributed by atoms with Crippen LogP contribution in [0.2, 0.25) is 10.0 Å². The summed E-state index contributed by atoms with van der Waals surface area (Å²) < 4.78 is 0. The predicted octanol–water partition coefficient (Wildman–Crippen LogP) is 4.30. The molecule has 0 amide bonds. The molecule has 1 aromatic heterocycles. The zero-order valence-electron chi connectivity index (χ0n) is 8.49. The second-order valence-electron chi connectivity index (χ2n) is 3.60. The molecule has 0 saturated heterocycles. The van der Waals surface area contributed by atoms with Crippen molar-refractivity contribution in [3.05, 3.63) is 56.2 Å². The van der Waals surface area contributed by atoms with Gasteiger partial charge in [-0.25, -0.2) is 0 Å². The summed E-state index contributed by atoms with van der Waals surface area (Å²) in [7, 11) is 0. The Bertz CT molecular complexity index is 468. The maximum Gasteiger partial charge on any atom is 0.0439 e. The summed E-state index contributed by atoms with van der Waals surface area (Å²) in [6.45, 7) is 0. The summed E-state index contributed by atoms with van der Waals surface area (Å²) in [4.78, 5) is 0. The minimum atomic E-state index is -0.0257. The Morgan fingerprint density at radius 2 is 2.06 bits per heavy atom. The van der Waals surface area contributed by atoms with Crippen LogP contribution < -0.4 is 5.73 Å². The van der Waals surface area contributed by atoms with Crippen LogP contribution in [0.3, 0.4) is 0 Å². The van der Waals surface area contributed by atoms with Gasteiger partial charge in [0.1, 0.15) is 0 Å². The minimum absolute atomic E-state index is 0.0257. The lowest BCUT2D eigenvalue weighted by molar-refractivity contribution is 0.725. The van der Waals surface area contributed by atoms with E-state index in [1.165, 1.54) is 0 Å². The molecule has 0 aliphatic carbocycles. The van der Waals surface area contributed by atoms with E-state index >= 15 is 0 Å². The number of rotatable bonds is 3. The molecule has 1 aromatic carbocycles. The number of hydrogen-bond acceptors (Lipinski definition) is 2. The zero-order chi connectivity index (χ0) is 11.5. The minimum Gasteiger partial charge on any atom is -0.324 e. The molecule has 0 saturated carbocycles. The van der Waals surface area contributed by atoms with E-state index in [1.54, 1.807) is 23.5 Å². The lowest BCUT2D eigenvalue weighted by Crippen LogP contribution is -2.12. The highest BCUT2D eigenvalue weighted by molar-refractivity contribution is 7.07. The van der Waals surface area contributed by atoms with Crippen LogP contribution in [0.1, 0.15) is 17.2 Å². The van der Waals surface area contributed by atoms with Crippen LogP contribution in [0.15, 0.2) is 35.0 Å². The molecule has 0 spiro atoms. The van der Waals surface area contributed by atoms with Gasteiger partial charge in [0.2, 0.25) is 0 Å². The van der Waals surface area contributed by atoms with E-state index in [0.717, 1.165) is 16.1 Å². The van der Waals surface area contributed by atoms with Crippen LogP contribution in [0.5, 0.6) is 0 Å². The molecule has 4 heteroatoms. The first-order chi connectivity index (χ1) is 7.66. The van der Waals surface area contributed by atoms with Crippen molar-refractivity contribution in [3.63, 3.8) is 0 Å². The summed E-state index contributed by atoms with van der Waals surface area (Å²) in [5.74, 6) is 0. The Morgan fingerprint density at radius 3 is 2.75 bits per heavy atom. The van der Waals surface area contributed by atoms with Gasteiger partial charge in [-0.05, 0) is 52.6 Å². The van der Waals surface area contributed by atoms with E-state index in [2.05, 4.69) is 5.38 Å². The van der Waals surface area contributed by atoms with E-state index in [-0.39, 0.29) is 6.04 Å². The largest absolute Gasteiger partial charge is 0.324 e. The van der Waals surface area contributed by atoms with E-state index in [9.17, 15) is 0 Å². The van der Waals surface area contributed by atoms with Gasteiger partial charge in [0.25, 0.3) is 0 Å². The molecular formula is C12H11Cl2NS. The smallest absolute Gasteiger partial charge is 0.0439 e. The second kappa shape index (κ2) is 5.19. The Balaban J connectivity index is 2.17. The molecule has 2 rings (SSSR count). The highest BCUT2D eigenvalue weighted by atomic mass is 35.5. The summed E-state index contributed by atoms with van der Waals surface area (Å²) in [6, 6.07) is 7.47. The molecule has 0 aliphatic rings. The molecule has 0 radical (unpaired) electrons. The number of nitrogens with two attached hydrogens (primary N) is 1. The third kappa shape index (κ3) is 2.77. The molecule has 0 bridgehead atoms. The summed E-state index contributed by atoms with van der Waals surface area (Å²) >= 11 is 13.7. The Morgan fingerprint density at radius 1 is 1.25 bits per heavy atom. The first kappa shape index (κ1) is 11.9. The van der Waals surface area contributed by atoms with Gasteiger partial charge in [0, 0.05) is 16.1 Å². The van der Waals surface area contributed by atoms with Crippen molar-refractivity contribution >= 4 is 34.5 Å². The number of thiophene rings is 1. The van der Waals surface area contributed by atoms with Gasteiger partial charge in [-0.1, -0.05) is 23.2 Å². The van der Waals surface area contributed by atoms with E-state index < -0.39 is 0 Å². The molecular weight excluding hydrogens is 261 g/mol. The van der Waals surface area contributed by atoms with E-state index in [4.69, 9.17) is 28.9 Å². The molecule has 0 fully saturated rings. The fourth-order valence-electron chi connectivity index (χ4n) is 1.54. The van der Waals surface area contributed by atoms with Crippen LogP contribution in [0.25, 0.3) is 0 Å². The van der Waals surface area contributed by atoms with Gasteiger partial charge >= 0.3 is 0 Å². The number of halogens is 2. The molecule has 1 atom stereocenters. The maximum absolute atomic E-state index is 6.10. The van der Waals surface area contributed by atoms with Gasteiger partial charge < -0.3 is 5.73 Å². The van der Waals surface area contributed by atoms with E-state index in [0.29, 0.717) is 11.4 Å². The molecule has 16 heavy (non-hydrogen) atoms. The van der Waals surface area contributed by atoms with Crippen LogP contribution >= 0.6 is 34.5 Å². The van der Waals surface area contributed by atoms with Crippen molar-refractivity contribution in [1.29, 1.82) is 0 Å². The first-order valence-electron chi connectivity index (χ1n) is 4.88. The molecule has 1 unspecified atom stereocenters. The highest BCUT2D eigenvalue weighted by Crippen LogP contribution is 2.25. The first-order valence-corrected chi connectivity index (χ1v) is 6.58. The number of benzene rings is 1. The van der Waals surface area contributed by atoms with Gasteiger partial charge in [-0.3, -0.25) is 0 Å². The zero-order valence-corrected chi connectivity index (χ0v) is 10.8. The lowest BCUT2D eigenvalue weighted by atomic mass is 10.0. The molecule has 1 nitrogen and oxygen atoms in total. The van der Waals surface area contributed by atoms with Crippen molar-refractivity contribution in [2.75, 3.05) is 0 Å². The SMILES string of the molecule is NC(Cc1cc(Cl)ccc1Cl)c1ccsc1. The monoisotopic (exact) mass is 271 g/mol. The Labute approximate surface area is 109 Å². The summed E-state index contributed by atoms with van der Waals surface area (Å²) in [6.07, 6.45) is 0.704. The van der Waals surface area contributed by atoms with Crippen molar-refractivity contribution in [3.8, 4) is 0 Å². The quantitative estimate of drug-likeness (QED) is 0.885. The van der Waals surface area contributed by atoms with Crippen LogP contribution in [-0.4, -0.2) is 0 Å². The average Bonchev–Trinajstić information content (AvgIpc) is 2.76. The maximum atomic E-state index is 6.10. The summed E-state index contributed by atoms with van der Waals surface area (Å²) in [5, 5.41) is 5.49. The number of hydrogen-bond donors (Lipinski definition) is 1. The third-order valence-corrected chi connectivity index (χ3v) is 3.72. The third-order valence-electron chi connectivity index (χ3n) is 2.42. The Kier molecular flexibility index (Phi) is 3.87. The van der Waals surface area contributed by atoms with Crippen molar-refractivity contribution in [2.45, 2.75) is 12.5 Å². The fraction of sp³-hybridized carbons (Fsp3) is 0.167. The molecule has 2 aromatic rings. The standard InChI is InChI=1S/C12H11Cl2NS/c13-10-1-2-11(14)9(5-10)6-12(15)8-3-4-16-7-8/h1-5,7,12H,6,15H2. The van der Waals surface area contributed by atoms with Gasteiger partial charge in [0.15, 0.2) is 0 Å². The van der Waals surface area contributed by atoms with Crippen molar-refractivity contribution in [1.82, 2.24) is 0 Å². The Hall–Kier alpha value is -0.540. The topological polar surface area (TPSA) is 26.0 Å². The lowest BCUT2D eigenvalue weighted by Gasteiger charge is -2.11. The molecule has 2 N–H and O–H groups in total. The average molecular weight is 272 g/mol. The molecule has 1 heterocycles. The summed E-state index contributed by atoms with van der Waals surface area (Å²) in [5.41, 5.74) is 8.23. The fourth-order valence-corrected chi connectivity index (χ4v) is 2.65. The van der Waals surface area contributed by atoms with E-state index in [1.807, 2.05) is 17.5 Å². The van der Waals surface area contributed by atoms with Crippen LogP contribution in [0.4, 0.5) is 0 Å². The molecule has 0 aliphatic heterocycles.